The second-order valence-electron chi connectivity index (χ2n) is 4.21. The first-order valence-corrected chi connectivity index (χ1v) is 6.30. The lowest BCUT2D eigenvalue weighted by Gasteiger charge is -2.22. The van der Waals surface area contributed by atoms with Crippen LogP contribution in [-0.2, 0) is 14.3 Å². The fraction of sp³-hybridized carbons (Fsp3) is 0.429. The summed E-state index contributed by atoms with van der Waals surface area (Å²) in [5, 5.41) is 0. The van der Waals surface area contributed by atoms with E-state index in [0.29, 0.717) is 0 Å². The lowest BCUT2D eigenvalue weighted by atomic mass is 10.1. The highest BCUT2D eigenvalue weighted by Gasteiger charge is 2.21. The van der Waals surface area contributed by atoms with Crippen LogP contribution in [0, 0.1) is 11.6 Å². The summed E-state index contributed by atoms with van der Waals surface area (Å²) in [5.41, 5.74) is -0.379. The Morgan fingerprint density at radius 1 is 1.19 bits per heavy atom. The minimum absolute atomic E-state index is 0.0326. The summed E-state index contributed by atoms with van der Waals surface area (Å²) >= 11 is 0. The third-order valence-electron chi connectivity index (χ3n) is 2.85. The molecule has 7 heteroatoms. The highest BCUT2D eigenvalue weighted by Crippen LogP contribution is 2.14. The van der Waals surface area contributed by atoms with Gasteiger partial charge in [-0.2, -0.15) is 0 Å². The predicted octanol–water partition coefficient (Wildman–Crippen LogP) is 1.62. The number of rotatable bonds is 7. The number of esters is 1. The van der Waals surface area contributed by atoms with E-state index in [-0.39, 0.29) is 31.7 Å². The van der Waals surface area contributed by atoms with Gasteiger partial charge in [-0.15, -0.1) is 0 Å². The van der Waals surface area contributed by atoms with E-state index >= 15 is 0 Å². The van der Waals surface area contributed by atoms with Gasteiger partial charge in [0.25, 0.3) is 5.91 Å². The van der Waals surface area contributed by atoms with Gasteiger partial charge >= 0.3 is 5.97 Å². The third-order valence-corrected chi connectivity index (χ3v) is 2.85. The molecule has 0 saturated heterocycles. The van der Waals surface area contributed by atoms with E-state index in [1.165, 1.54) is 31.3 Å². The molecular formula is C14H17F2NO4. The van der Waals surface area contributed by atoms with Crippen molar-refractivity contribution in [2.75, 3.05) is 33.9 Å². The first kappa shape index (κ1) is 17.0. The Morgan fingerprint density at radius 3 is 2.52 bits per heavy atom. The van der Waals surface area contributed by atoms with Gasteiger partial charge in [-0.3, -0.25) is 9.59 Å². The Kier molecular flexibility index (Phi) is 6.74. The van der Waals surface area contributed by atoms with Gasteiger partial charge in [0.1, 0.15) is 0 Å². The summed E-state index contributed by atoms with van der Waals surface area (Å²) in [4.78, 5) is 24.6. The van der Waals surface area contributed by atoms with Crippen LogP contribution in [0.1, 0.15) is 16.8 Å². The average Bonchev–Trinajstić information content (AvgIpc) is 2.49. The first-order chi connectivity index (χ1) is 10.0. The Labute approximate surface area is 121 Å². The molecule has 0 spiro atoms. The summed E-state index contributed by atoms with van der Waals surface area (Å²) in [6, 6.07) is 3.37. The van der Waals surface area contributed by atoms with Gasteiger partial charge in [-0.1, -0.05) is 6.07 Å². The fourth-order valence-electron chi connectivity index (χ4n) is 1.68. The molecule has 0 radical (unpaired) electrons. The van der Waals surface area contributed by atoms with Crippen molar-refractivity contribution >= 4 is 11.9 Å². The number of nitrogens with zero attached hydrogens (tertiary/aromatic N) is 1. The van der Waals surface area contributed by atoms with E-state index in [1.54, 1.807) is 0 Å². The van der Waals surface area contributed by atoms with Crippen molar-refractivity contribution in [3.05, 3.63) is 35.4 Å². The van der Waals surface area contributed by atoms with Crippen LogP contribution >= 0.6 is 0 Å². The zero-order valence-electron chi connectivity index (χ0n) is 11.9. The maximum Gasteiger partial charge on any atom is 0.307 e. The average molecular weight is 301 g/mol. The molecule has 0 fully saturated rings. The van der Waals surface area contributed by atoms with Gasteiger partial charge in [0.15, 0.2) is 11.6 Å². The Hall–Kier alpha value is -2.02. The van der Waals surface area contributed by atoms with Crippen LogP contribution in [0.3, 0.4) is 0 Å². The molecule has 0 aliphatic carbocycles. The summed E-state index contributed by atoms with van der Waals surface area (Å²) in [7, 11) is 2.68. The van der Waals surface area contributed by atoms with Crippen molar-refractivity contribution in [1.29, 1.82) is 0 Å². The Balaban J connectivity index is 2.88. The molecule has 0 saturated carbocycles. The maximum atomic E-state index is 13.7. The largest absolute Gasteiger partial charge is 0.469 e. The summed E-state index contributed by atoms with van der Waals surface area (Å²) in [6.07, 6.45) is -0.0388. The molecule has 0 aliphatic rings. The number of carbonyl (C=O) groups is 2. The molecule has 1 rings (SSSR count). The molecule has 0 aromatic heterocycles. The summed E-state index contributed by atoms with van der Waals surface area (Å²) < 4.78 is 36.2. The summed E-state index contributed by atoms with van der Waals surface area (Å²) in [5.74, 6) is -3.50. The van der Waals surface area contributed by atoms with Gasteiger partial charge < -0.3 is 14.4 Å². The zero-order chi connectivity index (χ0) is 15.8. The zero-order valence-corrected chi connectivity index (χ0v) is 11.9. The van der Waals surface area contributed by atoms with Crippen LogP contribution < -0.4 is 0 Å². The van der Waals surface area contributed by atoms with E-state index < -0.39 is 23.5 Å². The standard InChI is InChI=1S/C14H17F2NO4/c1-20-9-8-17(7-6-12(18)21-2)14(19)10-4-3-5-11(15)13(10)16/h3-5H,6-9H2,1-2H3. The van der Waals surface area contributed by atoms with Gasteiger partial charge in [0.2, 0.25) is 0 Å². The molecule has 1 amide bonds. The monoisotopic (exact) mass is 301 g/mol. The second kappa shape index (κ2) is 8.31. The smallest absolute Gasteiger partial charge is 0.307 e. The van der Waals surface area contributed by atoms with Crippen LogP contribution in [-0.4, -0.2) is 50.7 Å². The van der Waals surface area contributed by atoms with E-state index in [1.807, 2.05) is 0 Å². The predicted molar refractivity (Wildman–Crippen MR) is 70.8 cm³/mol. The minimum atomic E-state index is -1.21. The van der Waals surface area contributed by atoms with Crippen LogP contribution in [0.2, 0.25) is 0 Å². The molecule has 0 bridgehead atoms. The molecular weight excluding hydrogens is 284 g/mol. The number of amides is 1. The molecule has 116 valence electrons. The van der Waals surface area contributed by atoms with Gasteiger partial charge in [-0.05, 0) is 12.1 Å². The quantitative estimate of drug-likeness (QED) is 0.718. The second-order valence-corrected chi connectivity index (χ2v) is 4.21. The number of ether oxygens (including phenoxy) is 2. The molecule has 0 aliphatic heterocycles. The van der Waals surface area contributed by atoms with Crippen LogP contribution in [0.5, 0.6) is 0 Å². The number of hydrogen-bond acceptors (Lipinski definition) is 4. The summed E-state index contributed by atoms with van der Waals surface area (Å²) in [6.45, 7) is 0.400. The fourth-order valence-corrected chi connectivity index (χ4v) is 1.68. The number of halogens is 2. The normalized spacial score (nSPS) is 10.3. The maximum absolute atomic E-state index is 13.7. The highest BCUT2D eigenvalue weighted by molar-refractivity contribution is 5.94. The van der Waals surface area contributed by atoms with Gasteiger partial charge in [0.05, 0.1) is 25.7 Å². The molecule has 0 N–H and O–H groups in total. The van der Waals surface area contributed by atoms with Crippen molar-refractivity contribution in [1.82, 2.24) is 4.90 Å². The number of carbonyl (C=O) groups excluding carboxylic acids is 2. The van der Waals surface area contributed by atoms with E-state index in [9.17, 15) is 18.4 Å². The van der Waals surface area contributed by atoms with Crippen LogP contribution in [0.25, 0.3) is 0 Å². The molecule has 5 nitrogen and oxygen atoms in total. The molecule has 0 unspecified atom stereocenters. The molecule has 1 aromatic carbocycles. The Morgan fingerprint density at radius 2 is 1.90 bits per heavy atom. The lowest BCUT2D eigenvalue weighted by Crippen LogP contribution is -2.36. The third kappa shape index (κ3) is 4.78. The number of methoxy groups -OCH3 is 2. The van der Waals surface area contributed by atoms with E-state index in [4.69, 9.17) is 4.74 Å². The van der Waals surface area contributed by atoms with Crippen molar-refractivity contribution in [2.45, 2.75) is 6.42 Å². The molecule has 0 atom stereocenters. The SMILES string of the molecule is COCCN(CCC(=O)OC)C(=O)c1cccc(F)c1F. The van der Waals surface area contributed by atoms with E-state index in [2.05, 4.69) is 4.74 Å². The van der Waals surface area contributed by atoms with Gasteiger partial charge in [-0.25, -0.2) is 8.78 Å². The Bertz CT molecular complexity index is 508. The van der Waals surface area contributed by atoms with Crippen molar-refractivity contribution in [3.63, 3.8) is 0 Å². The molecule has 1 aromatic rings. The number of benzene rings is 1. The van der Waals surface area contributed by atoms with Gasteiger partial charge in [0, 0.05) is 20.2 Å². The van der Waals surface area contributed by atoms with Crippen molar-refractivity contribution in [2.24, 2.45) is 0 Å². The van der Waals surface area contributed by atoms with Crippen LogP contribution in [0.4, 0.5) is 8.78 Å². The minimum Gasteiger partial charge on any atom is -0.469 e. The van der Waals surface area contributed by atoms with Crippen LogP contribution in [0.15, 0.2) is 18.2 Å². The molecule has 0 heterocycles. The van der Waals surface area contributed by atoms with E-state index in [0.717, 1.165) is 6.07 Å². The molecule has 21 heavy (non-hydrogen) atoms. The first-order valence-electron chi connectivity index (χ1n) is 6.30. The van der Waals surface area contributed by atoms with Crippen molar-refractivity contribution in [3.8, 4) is 0 Å². The highest BCUT2D eigenvalue weighted by atomic mass is 19.2. The van der Waals surface area contributed by atoms with Crippen molar-refractivity contribution < 1.29 is 27.8 Å². The number of hydrogen-bond donors (Lipinski definition) is 0. The topological polar surface area (TPSA) is 55.8 Å². The lowest BCUT2D eigenvalue weighted by molar-refractivity contribution is -0.140.